The van der Waals surface area contributed by atoms with Crippen molar-refractivity contribution in [3.05, 3.63) is 47.3 Å². The number of carbonyl (C=O) groups is 2. The third-order valence-corrected chi connectivity index (χ3v) is 4.32. The van der Waals surface area contributed by atoms with Crippen molar-refractivity contribution in [3.63, 3.8) is 0 Å². The van der Waals surface area contributed by atoms with E-state index in [0.717, 1.165) is 22.8 Å². The minimum Gasteiger partial charge on any atom is -0.497 e. The summed E-state index contributed by atoms with van der Waals surface area (Å²) in [5.74, 6) is 0.577. The second-order valence-corrected chi connectivity index (χ2v) is 5.89. The second-order valence-electron chi connectivity index (χ2n) is 5.89. The van der Waals surface area contributed by atoms with E-state index in [0.29, 0.717) is 18.7 Å². The molecule has 1 aromatic carbocycles. The van der Waals surface area contributed by atoms with Crippen molar-refractivity contribution in [1.29, 1.82) is 0 Å². The maximum atomic E-state index is 12.8. The Morgan fingerprint density at radius 3 is 2.54 bits per heavy atom. The Morgan fingerprint density at radius 2 is 1.92 bits per heavy atom. The van der Waals surface area contributed by atoms with E-state index >= 15 is 0 Å². The van der Waals surface area contributed by atoms with Crippen LogP contribution in [0.15, 0.2) is 30.3 Å². The van der Waals surface area contributed by atoms with Crippen molar-refractivity contribution in [2.24, 2.45) is 0 Å². The lowest BCUT2D eigenvalue weighted by molar-refractivity contribution is -0.123. The van der Waals surface area contributed by atoms with Crippen molar-refractivity contribution >= 4 is 11.8 Å². The molecule has 0 saturated carbocycles. The first-order chi connectivity index (χ1) is 11.5. The Morgan fingerprint density at radius 1 is 1.21 bits per heavy atom. The standard InChI is InChI=1S/C18H21N3O3/c1-12-10-16(18(23)20-9-8-19-17(22)11-20)13(2)21(12)14-4-6-15(24-3)7-5-14/h4-7,10H,8-9,11H2,1-3H3,(H,19,22). The van der Waals surface area contributed by atoms with Crippen LogP contribution >= 0.6 is 0 Å². The number of hydrogen-bond acceptors (Lipinski definition) is 3. The van der Waals surface area contributed by atoms with Gasteiger partial charge in [0.1, 0.15) is 5.75 Å². The summed E-state index contributed by atoms with van der Waals surface area (Å²) in [6.45, 7) is 5.05. The number of rotatable bonds is 3. The molecule has 6 heteroatoms. The lowest BCUT2D eigenvalue weighted by Crippen LogP contribution is -2.50. The summed E-state index contributed by atoms with van der Waals surface area (Å²) in [6, 6.07) is 9.59. The van der Waals surface area contributed by atoms with E-state index in [9.17, 15) is 9.59 Å². The molecule has 1 aromatic heterocycles. The molecular weight excluding hydrogens is 306 g/mol. The average molecular weight is 327 g/mol. The van der Waals surface area contributed by atoms with Gasteiger partial charge in [-0.1, -0.05) is 0 Å². The topological polar surface area (TPSA) is 63.6 Å². The molecule has 1 fully saturated rings. The smallest absolute Gasteiger partial charge is 0.256 e. The minimum absolute atomic E-state index is 0.0993. The maximum absolute atomic E-state index is 12.8. The molecule has 0 bridgehead atoms. The summed E-state index contributed by atoms with van der Waals surface area (Å²) < 4.78 is 7.23. The normalized spacial score (nSPS) is 14.5. The molecular formula is C18H21N3O3. The Bertz CT molecular complexity index is 778. The van der Waals surface area contributed by atoms with Crippen molar-refractivity contribution < 1.29 is 14.3 Å². The number of benzene rings is 1. The molecule has 1 N–H and O–H groups in total. The number of hydrogen-bond donors (Lipinski definition) is 1. The van der Waals surface area contributed by atoms with Gasteiger partial charge in [0, 0.05) is 30.2 Å². The SMILES string of the molecule is COc1ccc(-n2c(C)cc(C(=O)N3CCNC(=O)C3)c2C)cc1. The summed E-state index contributed by atoms with van der Waals surface area (Å²) in [4.78, 5) is 25.9. The van der Waals surface area contributed by atoms with Crippen LogP contribution in [0.5, 0.6) is 5.75 Å². The van der Waals surface area contributed by atoms with Gasteiger partial charge in [0.15, 0.2) is 0 Å². The van der Waals surface area contributed by atoms with Crippen molar-refractivity contribution in [1.82, 2.24) is 14.8 Å². The Labute approximate surface area is 141 Å². The number of aryl methyl sites for hydroxylation is 1. The second kappa shape index (κ2) is 6.39. The molecule has 1 aliphatic heterocycles. The highest BCUT2D eigenvalue weighted by molar-refractivity contribution is 5.98. The van der Waals surface area contributed by atoms with Gasteiger partial charge in [-0.25, -0.2) is 0 Å². The molecule has 0 radical (unpaired) electrons. The van der Waals surface area contributed by atoms with Crippen LogP contribution < -0.4 is 10.1 Å². The average Bonchev–Trinajstić information content (AvgIpc) is 2.89. The molecule has 0 aliphatic carbocycles. The van der Waals surface area contributed by atoms with Crippen LogP contribution in [-0.4, -0.2) is 48.0 Å². The zero-order valence-electron chi connectivity index (χ0n) is 14.1. The van der Waals surface area contributed by atoms with Gasteiger partial charge in [0.25, 0.3) is 5.91 Å². The number of ether oxygens (including phenoxy) is 1. The molecule has 1 aliphatic rings. The highest BCUT2D eigenvalue weighted by atomic mass is 16.5. The summed E-state index contributed by atoms with van der Waals surface area (Å²) in [7, 11) is 1.63. The molecule has 2 amide bonds. The predicted molar refractivity (Wildman–Crippen MR) is 90.7 cm³/mol. The summed E-state index contributed by atoms with van der Waals surface area (Å²) >= 11 is 0. The zero-order chi connectivity index (χ0) is 17.3. The van der Waals surface area contributed by atoms with E-state index in [1.807, 2.05) is 48.7 Å². The molecule has 0 atom stereocenters. The molecule has 0 spiro atoms. The van der Waals surface area contributed by atoms with Gasteiger partial charge in [-0.3, -0.25) is 9.59 Å². The van der Waals surface area contributed by atoms with E-state index in [1.54, 1.807) is 12.0 Å². The van der Waals surface area contributed by atoms with E-state index in [2.05, 4.69) is 5.32 Å². The number of nitrogens with zero attached hydrogens (tertiary/aromatic N) is 2. The minimum atomic E-state index is -0.112. The zero-order valence-corrected chi connectivity index (χ0v) is 14.1. The van der Waals surface area contributed by atoms with Crippen LogP contribution in [0.4, 0.5) is 0 Å². The highest BCUT2D eigenvalue weighted by Crippen LogP contribution is 2.24. The van der Waals surface area contributed by atoms with Gasteiger partial charge in [-0.15, -0.1) is 0 Å². The Hall–Kier alpha value is -2.76. The summed E-state index contributed by atoms with van der Waals surface area (Å²) in [5, 5.41) is 2.74. The largest absolute Gasteiger partial charge is 0.497 e. The number of amides is 2. The molecule has 0 unspecified atom stereocenters. The maximum Gasteiger partial charge on any atom is 0.256 e. The van der Waals surface area contributed by atoms with Crippen LogP contribution in [-0.2, 0) is 4.79 Å². The van der Waals surface area contributed by atoms with Gasteiger partial charge in [-0.2, -0.15) is 0 Å². The number of carbonyl (C=O) groups excluding carboxylic acids is 2. The molecule has 2 heterocycles. The fourth-order valence-corrected chi connectivity index (χ4v) is 3.09. The van der Waals surface area contributed by atoms with Crippen LogP contribution in [0.3, 0.4) is 0 Å². The molecule has 24 heavy (non-hydrogen) atoms. The Kier molecular flexibility index (Phi) is 4.29. The lowest BCUT2D eigenvalue weighted by Gasteiger charge is -2.26. The predicted octanol–water partition coefficient (Wildman–Crippen LogP) is 1.67. The van der Waals surface area contributed by atoms with Crippen molar-refractivity contribution in [2.45, 2.75) is 13.8 Å². The summed E-state index contributed by atoms with van der Waals surface area (Å²) in [6.07, 6.45) is 0. The van der Waals surface area contributed by atoms with Crippen molar-refractivity contribution in [3.8, 4) is 11.4 Å². The van der Waals surface area contributed by atoms with E-state index in [4.69, 9.17) is 4.74 Å². The third kappa shape index (κ3) is 2.87. The fraction of sp³-hybridized carbons (Fsp3) is 0.333. The number of methoxy groups -OCH3 is 1. The molecule has 6 nitrogen and oxygen atoms in total. The third-order valence-electron chi connectivity index (χ3n) is 4.32. The highest BCUT2D eigenvalue weighted by Gasteiger charge is 2.25. The van der Waals surface area contributed by atoms with Crippen LogP contribution in [0.1, 0.15) is 21.7 Å². The quantitative estimate of drug-likeness (QED) is 0.933. The monoisotopic (exact) mass is 327 g/mol. The summed E-state index contributed by atoms with van der Waals surface area (Å²) in [5.41, 5.74) is 3.45. The van der Waals surface area contributed by atoms with Gasteiger partial charge in [0.2, 0.25) is 5.91 Å². The van der Waals surface area contributed by atoms with E-state index < -0.39 is 0 Å². The van der Waals surface area contributed by atoms with E-state index in [-0.39, 0.29) is 18.4 Å². The first kappa shape index (κ1) is 16.1. The first-order valence-electron chi connectivity index (χ1n) is 7.90. The van der Waals surface area contributed by atoms with Gasteiger partial charge in [0.05, 0.1) is 19.2 Å². The first-order valence-corrected chi connectivity index (χ1v) is 7.90. The Balaban J connectivity index is 1.93. The van der Waals surface area contributed by atoms with Crippen LogP contribution in [0.2, 0.25) is 0 Å². The number of nitrogens with one attached hydrogen (secondary N) is 1. The lowest BCUT2D eigenvalue weighted by atomic mass is 10.2. The van der Waals surface area contributed by atoms with E-state index in [1.165, 1.54) is 0 Å². The molecule has 3 rings (SSSR count). The molecule has 2 aromatic rings. The van der Waals surface area contributed by atoms with Crippen LogP contribution in [0.25, 0.3) is 5.69 Å². The van der Waals surface area contributed by atoms with Crippen molar-refractivity contribution in [2.75, 3.05) is 26.7 Å². The van der Waals surface area contributed by atoms with Gasteiger partial charge < -0.3 is 19.5 Å². The molecule has 1 saturated heterocycles. The molecule has 126 valence electrons. The van der Waals surface area contributed by atoms with Gasteiger partial charge >= 0.3 is 0 Å². The number of aromatic nitrogens is 1. The number of piperazine rings is 1. The fourth-order valence-electron chi connectivity index (χ4n) is 3.09. The van der Waals surface area contributed by atoms with Gasteiger partial charge in [-0.05, 0) is 44.2 Å². The van der Waals surface area contributed by atoms with Crippen LogP contribution in [0, 0.1) is 13.8 Å².